The molecule has 1 nitrogen and oxygen atoms in total. The molecule has 0 aliphatic heterocycles. The van der Waals surface area contributed by atoms with Gasteiger partial charge in [0.05, 0.1) is 0 Å². The van der Waals surface area contributed by atoms with Crippen LogP contribution in [0, 0.1) is 11.3 Å². The molecule has 1 heteroatoms. The van der Waals surface area contributed by atoms with Crippen molar-refractivity contribution in [3.8, 4) is 0 Å². The van der Waals surface area contributed by atoms with Crippen LogP contribution in [-0.4, -0.2) is 6.04 Å². The van der Waals surface area contributed by atoms with Crippen LogP contribution in [0.15, 0.2) is 0 Å². The highest BCUT2D eigenvalue weighted by Gasteiger charge is 2.30. The minimum Gasteiger partial charge on any atom is -0.327 e. The third kappa shape index (κ3) is 5.01. The van der Waals surface area contributed by atoms with E-state index in [2.05, 4.69) is 34.6 Å². The summed E-state index contributed by atoms with van der Waals surface area (Å²) in [5, 5.41) is 0. The van der Waals surface area contributed by atoms with Crippen LogP contribution in [-0.2, 0) is 0 Å². The minimum absolute atomic E-state index is 0.349. The number of unbranched alkanes of at least 4 members (excludes halogenated alkanes) is 3. The van der Waals surface area contributed by atoms with Crippen LogP contribution in [0.3, 0.4) is 0 Å². The lowest BCUT2D eigenvalue weighted by Crippen LogP contribution is -2.43. The Kier molecular flexibility index (Phi) is 7.25. The van der Waals surface area contributed by atoms with Crippen LogP contribution in [0.5, 0.6) is 0 Å². The van der Waals surface area contributed by atoms with E-state index in [4.69, 9.17) is 5.73 Å². The molecule has 92 valence electrons. The van der Waals surface area contributed by atoms with Crippen molar-refractivity contribution < 1.29 is 0 Å². The smallest absolute Gasteiger partial charge is 0.0116 e. The minimum atomic E-state index is 0.349. The second-order valence-corrected chi connectivity index (χ2v) is 5.59. The fraction of sp³-hybridized carbons (Fsp3) is 1.00. The first-order valence-electron chi connectivity index (χ1n) is 6.73. The van der Waals surface area contributed by atoms with Crippen LogP contribution >= 0.6 is 0 Å². The van der Waals surface area contributed by atoms with Crippen LogP contribution in [0.1, 0.15) is 73.1 Å². The molecule has 0 aromatic rings. The maximum Gasteiger partial charge on any atom is 0.0116 e. The largest absolute Gasteiger partial charge is 0.327 e. The molecule has 0 aromatic carbocycles. The number of rotatable bonds is 8. The van der Waals surface area contributed by atoms with Crippen molar-refractivity contribution >= 4 is 0 Å². The van der Waals surface area contributed by atoms with Crippen molar-refractivity contribution in [2.75, 3.05) is 0 Å². The van der Waals surface area contributed by atoms with Crippen molar-refractivity contribution in [2.45, 2.75) is 79.2 Å². The average Bonchev–Trinajstić information content (AvgIpc) is 2.23. The van der Waals surface area contributed by atoms with E-state index in [0.29, 0.717) is 17.4 Å². The molecule has 0 fully saturated rings. The summed E-state index contributed by atoms with van der Waals surface area (Å²) in [6, 6.07) is 0.351. The monoisotopic (exact) mass is 213 g/mol. The summed E-state index contributed by atoms with van der Waals surface area (Å²) in [5.74, 6) is 0.598. The third-order valence-electron chi connectivity index (χ3n) is 3.93. The molecule has 2 unspecified atom stereocenters. The van der Waals surface area contributed by atoms with Crippen molar-refractivity contribution in [1.29, 1.82) is 0 Å². The van der Waals surface area contributed by atoms with Gasteiger partial charge in [-0.3, -0.25) is 0 Å². The summed E-state index contributed by atoms with van der Waals surface area (Å²) in [4.78, 5) is 0. The molecule has 2 atom stereocenters. The quantitative estimate of drug-likeness (QED) is 0.596. The van der Waals surface area contributed by atoms with E-state index in [1.165, 1.54) is 38.5 Å². The van der Waals surface area contributed by atoms with Crippen molar-refractivity contribution in [3.05, 3.63) is 0 Å². The zero-order chi connectivity index (χ0) is 11.9. The molecule has 0 aliphatic rings. The zero-order valence-electron chi connectivity index (χ0n) is 11.5. The van der Waals surface area contributed by atoms with Gasteiger partial charge in [0, 0.05) is 6.04 Å². The van der Waals surface area contributed by atoms with Gasteiger partial charge < -0.3 is 5.73 Å². The molecule has 0 rings (SSSR count). The van der Waals surface area contributed by atoms with E-state index in [9.17, 15) is 0 Å². The Bertz CT molecular complexity index is 153. The fourth-order valence-corrected chi connectivity index (χ4v) is 2.34. The van der Waals surface area contributed by atoms with Crippen LogP contribution in [0.2, 0.25) is 0 Å². The van der Waals surface area contributed by atoms with E-state index >= 15 is 0 Å². The summed E-state index contributed by atoms with van der Waals surface area (Å²) in [7, 11) is 0. The lowest BCUT2D eigenvalue weighted by molar-refractivity contribution is 0.176. The highest BCUT2D eigenvalue weighted by molar-refractivity contribution is 4.86. The Labute approximate surface area is 96.8 Å². The van der Waals surface area contributed by atoms with Crippen molar-refractivity contribution in [1.82, 2.24) is 0 Å². The fourth-order valence-electron chi connectivity index (χ4n) is 2.34. The van der Waals surface area contributed by atoms with E-state index in [0.717, 1.165) is 0 Å². The predicted octanol–water partition coefficient (Wildman–Crippen LogP) is 4.36. The maximum atomic E-state index is 6.32. The van der Waals surface area contributed by atoms with Gasteiger partial charge >= 0.3 is 0 Å². The number of hydrogen-bond acceptors (Lipinski definition) is 1. The van der Waals surface area contributed by atoms with Gasteiger partial charge in [-0.05, 0) is 24.2 Å². The second kappa shape index (κ2) is 7.27. The molecule has 0 radical (unpaired) electrons. The van der Waals surface area contributed by atoms with Gasteiger partial charge in [-0.15, -0.1) is 0 Å². The Morgan fingerprint density at radius 1 is 1.07 bits per heavy atom. The SMILES string of the molecule is CCCCCCC(C)(CC)C(N)C(C)C. The van der Waals surface area contributed by atoms with E-state index in [1.54, 1.807) is 0 Å². The number of nitrogens with two attached hydrogens (primary N) is 1. The average molecular weight is 213 g/mol. The van der Waals surface area contributed by atoms with Gasteiger partial charge in [0.25, 0.3) is 0 Å². The Morgan fingerprint density at radius 3 is 2.07 bits per heavy atom. The standard InChI is InChI=1S/C14H31N/c1-6-8-9-10-11-14(5,7-2)13(15)12(3)4/h12-13H,6-11,15H2,1-5H3. The highest BCUT2D eigenvalue weighted by Crippen LogP contribution is 2.34. The molecule has 15 heavy (non-hydrogen) atoms. The Balaban J connectivity index is 4.06. The Morgan fingerprint density at radius 2 is 1.67 bits per heavy atom. The molecule has 2 N–H and O–H groups in total. The van der Waals surface area contributed by atoms with Gasteiger partial charge in [-0.25, -0.2) is 0 Å². The topological polar surface area (TPSA) is 26.0 Å². The Hall–Kier alpha value is -0.0400. The molecule has 0 aromatic heterocycles. The van der Waals surface area contributed by atoms with Crippen LogP contribution in [0.4, 0.5) is 0 Å². The van der Waals surface area contributed by atoms with E-state index in [-0.39, 0.29) is 0 Å². The summed E-state index contributed by atoms with van der Waals surface area (Å²) in [6.45, 7) is 11.4. The zero-order valence-corrected chi connectivity index (χ0v) is 11.5. The van der Waals surface area contributed by atoms with Crippen molar-refractivity contribution in [3.63, 3.8) is 0 Å². The molecule has 0 bridgehead atoms. The highest BCUT2D eigenvalue weighted by atomic mass is 14.7. The first kappa shape index (κ1) is 15.0. The van der Waals surface area contributed by atoms with Gasteiger partial charge in [-0.1, -0.05) is 60.3 Å². The maximum absolute atomic E-state index is 6.32. The molecule has 0 saturated heterocycles. The molecule has 0 spiro atoms. The summed E-state index contributed by atoms with van der Waals surface area (Å²) in [5.41, 5.74) is 6.67. The number of hydrogen-bond donors (Lipinski definition) is 1. The first-order valence-corrected chi connectivity index (χ1v) is 6.73. The van der Waals surface area contributed by atoms with Crippen LogP contribution in [0.25, 0.3) is 0 Å². The van der Waals surface area contributed by atoms with Gasteiger partial charge in [0.2, 0.25) is 0 Å². The molecule has 0 aliphatic carbocycles. The lowest BCUT2D eigenvalue weighted by Gasteiger charge is -2.37. The molecule has 0 saturated carbocycles. The van der Waals surface area contributed by atoms with Gasteiger partial charge in [0.15, 0.2) is 0 Å². The second-order valence-electron chi connectivity index (χ2n) is 5.59. The summed E-state index contributed by atoms with van der Waals surface area (Å²) < 4.78 is 0. The first-order chi connectivity index (χ1) is 6.98. The van der Waals surface area contributed by atoms with E-state index in [1.807, 2.05) is 0 Å². The predicted molar refractivity (Wildman–Crippen MR) is 70.0 cm³/mol. The van der Waals surface area contributed by atoms with Crippen molar-refractivity contribution in [2.24, 2.45) is 17.1 Å². The van der Waals surface area contributed by atoms with Gasteiger partial charge in [0.1, 0.15) is 0 Å². The molecule has 0 amide bonds. The summed E-state index contributed by atoms with van der Waals surface area (Å²) >= 11 is 0. The third-order valence-corrected chi connectivity index (χ3v) is 3.93. The normalized spacial score (nSPS) is 17.8. The summed E-state index contributed by atoms with van der Waals surface area (Å²) in [6.07, 6.45) is 7.91. The lowest BCUT2D eigenvalue weighted by atomic mass is 9.72. The van der Waals surface area contributed by atoms with Crippen LogP contribution < -0.4 is 5.73 Å². The molecule has 0 heterocycles. The van der Waals surface area contributed by atoms with Gasteiger partial charge in [-0.2, -0.15) is 0 Å². The molecular formula is C14H31N. The molecular weight excluding hydrogens is 182 g/mol. The van der Waals surface area contributed by atoms with E-state index < -0.39 is 0 Å².